The summed E-state index contributed by atoms with van der Waals surface area (Å²) in [5.41, 5.74) is 3.53. The van der Waals surface area contributed by atoms with Crippen molar-refractivity contribution in [3.05, 3.63) is 88.1 Å². The molecule has 0 radical (unpaired) electrons. The third-order valence-electron chi connectivity index (χ3n) is 4.45. The Kier molecular flexibility index (Phi) is 6.42. The van der Waals surface area contributed by atoms with Gasteiger partial charge in [-0.1, -0.05) is 54.6 Å². The number of benzene rings is 2. The van der Waals surface area contributed by atoms with Crippen LogP contribution in [0.5, 0.6) is 0 Å². The predicted octanol–water partition coefficient (Wildman–Crippen LogP) is 5.89. The van der Waals surface area contributed by atoms with Crippen molar-refractivity contribution in [1.82, 2.24) is 4.90 Å². The Morgan fingerprint density at radius 1 is 1.04 bits per heavy atom. The Balaban J connectivity index is 1.79. The van der Waals surface area contributed by atoms with Gasteiger partial charge in [-0.05, 0) is 54.7 Å². The van der Waals surface area contributed by atoms with Crippen LogP contribution in [0, 0.1) is 6.92 Å². The van der Waals surface area contributed by atoms with Crippen LogP contribution >= 0.6 is 23.6 Å². The third-order valence-corrected chi connectivity index (χ3v) is 5.69. The Morgan fingerprint density at radius 2 is 1.77 bits per heavy atom. The normalized spacial score (nSPS) is 11.8. The Bertz CT molecular complexity index is 828. The molecule has 1 N–H and O–H groups in total. The van der Waals surface area contributed by atoms with Gasteiger partial charge >= 0.3 is 0 Å². The van der Waals surface area contributed by atoms with E-state index in [4.69, 9.17) is 12.2 Å². The number of hydrogen-bond acceptors (Lipinski definition) is 2. The molecule has 3 rings (SSSR count). The SMILES string of the molecule is Cc1ccccc1NC(=S)N(Cc1ccccc1)[C@@H](C)Cc1cccs1. The minimum absolute atomic E-state index is 0.304. The van der Waals surface area contributed by atoms with Crippen molar-refractivity contribution in [1.29, 1.82) is 0 Å². The summed E-state index contributed by atoms with van der Waals surface area (Å²) in [5.74, 6) is 0. The second kappa shape index (κ2) is 8.97. The van der Waals surface area contributed by atoms with Crippen LogP contribution in [-0.2, 0) is 13.0 Å². The molecule has 2 aromatic carbocycles. The van der Waals surface area contributed by atoms with Gasteiger partial charge in [0.2, 0.25) is 0 Å². The van der Waals surface area contributed by atoms with E-state index in [2.05, 4.69) is 78.0 Å². The second-order valence-electron chi connectivity index (χ2n) is 6.49. The van der Waals surface area contributed by atoms with Gasteiger partial charge in [0.15, 0.2) is 5.11 Å². The Labute approximate surface area is 165 Å². The van der Waals surface area contributed by atoms with Gasteiger partial charge in [0, 0.05) is 29.6 Å². The highest BCUT2D eigenvalue weighted by Gasteiger charge is 2.19. The molecule has 0 aliphatic rings. The van der Waals surface area contributed by atoms with E-state index in [1.807, 2.05) is 18.2 Å². The van der Waals surface area contributed by atoms with Gasteiger partial charge in [0.1, 0.15) is 0 Å². The highest BCUT2D eigenvalue weighted by Crippen LogP contribution is 2.19. The molecule has 4 heteroatoms. The van der Waals surface area contributed by atoms with E-state index >= 15 is 0 Å². The molecule has 0 amide bonds. The fraction of sp³-hybridized carbons (Fsp3) is 0.227. The van der Waals surface area contributed by atoms with E-state index in [1.54, 1.807) is 11.3 Å². The molecule has 0 aliphatic heterocycles. The predicted molar refractivity (Wildman–Crippen MR) is 117 cm³/mol. The zero-order chi connectivity index (χ0) is 18.4. The molecule has 3 aromatic rings. The van der Waals surface area contributed by atoms with Crippen LogP contribution in [0.3, 0.4) is 0 Å². The van der Waals surface area contributed by atoms with Gasteiger partial charge in [0.05, 0.1) is 0 Å². The van der Waals surface area contributed by atoms with Crippen molar-refractivity contribution >= 4 is 34.4 Å². The minimum atomic E-state index is 0.304. The summed E-state index contributed by atoms with van der Waals surface area (Å²) in [6.07, 6.45) is 0.986. The molecule has 1 heterocycles. The Morgan fingerprint density at radius 3 is 2.46 bits per heavy atom. The van der Waals surface area contributed by atoms with E-state index in [1.165, 1.54) is 16.0 Å². The number of hydrogen-bond donors (Lipinski definition) is 1. The fourth-order valence-corrected chi connectivity index (χ4v) is 4.12. The molecular formula is C22H24N2S2. The van der Waals surface area contributed by atoms with E-state index in [9.17, 15) is 0 Å². The summed E-state index contributed by atoms with van der Waals surface area (Å²) >= 11 is 7.61. The maximum atomic E-state index is 5.81. The molecule has 0 spiro atoms. The molecular weight excluding hydrogens is 356 g/mol. The number of para-hydroxylation sites is 1. The van der Waals surface area contributed by atoms with E-state index < -0.39 is 0 Å². The molecule has 0 saturated heterocycles. The number of nitrogens with one attached hydrogen (secondary N) is 1. The first-order chi connectivity index (χ1) is 12.6. The summed E-state index contributed by atoms with van der Waals surface area (Å²) in [4.78, 5) is 3.67. The lowest BCUT2D eigenvalue weighted by atomic mass is 10.1. The molecule has 1 aromatic heterocycles. The monoisotopic (exact) mass is 380 g/mol. The average molecular weight is 381 g/mol. The largest absolute Gasteiger partial charge is 0.342 e. The average Bonchev–Trinajstić information content (AvgIpc) is 3.15. The topological polar surface area (TPSA) is 15.3 Å². The summed E-state index contributed by atoms with van der Waals surface area (Å²) in [6, 6.07) is 23.4. The summed E-state index contributed by atoms with van der Waals surface area (Å²) in [5, 5.41) is 6.35. The molecule has 0 bridgehead atoms. The van der Waals surface area contributed by atoms with Crippen molar-refractivity contribution in [2.24, 2.45) is 0 Å². The summed E-state index contributed by atoms with van der Waals surface area (Å²) < 4.78 is 0. The lowest BCUT2D eigenvalue weighted by Crippen LogP contribution is -2.41. The first kappa shape index (κ1) is 18.6. The number of thiocarbonyl (C=S) groups is 1. The van der Waals surface area contributed by atoms with Crippen molar-refractivity contribution < 1.29 is 0 Å². The minimum Gasteiger partial charge on any atom is -0.342 e. The van der Waals surface area contributed by atoms with Gasteiger partial charge in [-0.25, -0.2) is 0 Å². The first-order valence-electron chi connectivity index (χ1n) is 8.83. The standard InChI is InChI=1S/C22H24N2S2/c1-17-9-6-7-13-21(17)23-22(25)24(16-19-10-4-3-5-11-19)18(2)15-20-12-8-14-26-20/h3-14,18H,15-16H2,1-2H3,(H,23,25)/t18-/m0/s1. The maximum Gasteiger partial charge on any atom is 0.173 e. The van der Waals surface area contributed by atoms with Crippen LogP contribution in [0.4, 0.5) is 5.69 Å². The molecule has 1 atom stereocenters. The quantitative estimate of drug-likeness (QED) is 0.537. The summed E-state index contributed by atoms with van der Waals surface area (Å²) in [6.45, 7) is 5.14. The van der Waals surface area contributed by atoms with Crippen molar-refractivity contribution in [3.63, 3.8) is 0 Å². The number of nitrogens with zero attached hydrogens (tertiary/aromatic N) is 1. The third kappa shape index (κ3) is 4.93. The molecule has 26 heavy (non-hydrogen) atoms. The Hall–Kier alpha value is -2.17. The molecule has 0 unspecified atom stereocenters. The number of thiophene rings is 1. The van der Waals surface area contributed by atoms with Crippen LogP contribution in [0.15, 0.2) is 72.1 Å². The molecule has 0 saturated carbocycles. The smallest absolute Gasteiger partial charge is 0.173 e. The van der Waals surface area contributed by atoms with Crippen LogP contribution in [0.2, 0.25) is 0 Å². The van der Waals surface area contributed by atoms with Gasteiger partial charge in [-0.3, -0.25) is 0 Å². The number of anilines is 1. The summed E-state index contributed by atoms with van der Waals surface area (Å²) in [7, 11) is 0. The van der Waals surface area contributed by atoms with Gasteiger partial charge in [-0.2, -0.15) is 0 Å². The first-order valence-corrected chi connectivity index (χ1v) is 10.1. The lowest BCUT2D eigenvalue weighted by Gasteiger charge is -2.32. The van der Waals surface area contributed by atoms with Gasteiger partial charge in [-0.15, -0.1) is 11.3 Å². The van der Waals surface area contributed by atoms with E-state index in [0.29, 0.717) is 6.04 Å². The molecule has 0 fully saturated rings. The fourth-order valence-electron chi connectivity index (χ4n) is 2.94. The lowest BCUT2D eigenvalue weighted by molar-refractivity contribution is 0.326. The zero-order valence-electron chi connectivity index (χ0n) is 15.2. The van der Waals surface area contributed by atoms with Crippen LogP contribution in [0.25, 0.3) is 0 Å². The van der Waals surface area contributed by atoms with Crippen molar-refractivity contribution in [2.45, 2.75) is 32.9 Å². The molecule has 134 valence electrons. The molecule has 2 nitrogen and oxygen atoms in total. The number of rotatable bonds is 6. The van der Waals surface area contributed by atoms with Gasteiger partial charge < -0.3 is 10.2 Å². The van der Waals surface area contributed by atoms with Crippen LogP contribution in [-0.4, -0.2) is 16.1 Å². The number of aryl methyl sites for hydroxylation is 1. The van der Waals surface area contributed by atoms with E-state index in [-0.39, 0.29) is 0 Å². The van der Waals surface area contributed by atoms with Crippen LogP contribution in [0.1, 0.15) is 22.9 Å². The van der Waals surface area contributed by atoms with E-state index in [0.717, 1.165) is 23.8 Å². The van der Waals surface area contributed by atoms with Crippen LogP contribution < -0.4 is 5.32 Å². The van der Waals surface area contributed by atoms with Crippen molar-refractivity contribution in [3.8, 4) is 0 Å². The zero-order valence-corrected chi connectivity index (χ0v) is 16.8. The molecule has 0 aliphatic carbocycles. The van der Waals surface area contributed by atoms with Crippen molar-refractivity contribution in [2.75, 3.05) is 5.32 Å². The highest BCUT2D eigenvalue weighted by atomic mass is 32.1. The highest BCUT2D eigenvalue weighted by molar-refractivity contribution is 7.80. The second-order valence-corrected chi connectivity index (χ2v) is 7.91. The van der Waals surface area contributed by atoms with Gasteiger partial charge in [0.25, 0.3) is 0 Å². The maximum absolute atomic E-state index is 5.81.